The Morgan fingerprint density at radius 1 is 1.17 bits per heavy atom. The van der Waals surface area contributed by atoms with Crippen LogP contribution in [0.1, 0.15) is 44.9 Å². The zero-order chi connectivity index (χ0) is 15.7. The van der Waals surface area contributed by atoms with Gasteiger partial charge in [-0.3, -0.25) is 0 Å². The summed E-state index contributed by atoms with van der Waals surface area (Å²) in [6, 6.07) is 4.96. The maximum atomic E-state index is 13.6. The number of nitrogens with one attached hydrogen (secondary N) is 1. The van der Waals surface area contributed by atoms with E-state index in [1.54, 1.807) is 6.07 Å². The number of anilines is 1. The molecular weight excluding hydrogens is 293 g/mol. The zero-order valence-corrected chi connectivity index (χ0v) is 13.2. The molecule has 1 aliphatic carbocycles. The Labute approximate surface area is 135 Å². The van der Waals surface area contributed by atoms with Crippen molar-refractivity contribution in [3.63, 3.8) is 0 Å². The fourth-order valence-corrected chi connectivity index (χ4v) is 4.03. The van der Waals surface area contributed by atoms with Crippen LogP contribution in [-0.4, -0.2) is 28.2 Å². The van der Waals surface area contributed by atoms with Crippen molar-refractivity contribution < 1.29 is 9.13 Å². The minimum absolute atomic E-state index is 0.0439. The molecule has 2 aliphatic rings. The zero-order valence-electron chi connectivity index (χ0n) is 13.2. The molecule has 4 nitrogen and oxygen atoms in total. The van der Waals surface area contributed by atoms with E-state index in [1.165, 1.54) is 37.7 Å². The van der Waals surface area contributed by atoms with E-state index in [1.807, 2.05) is 0 Å². The number of ether oxygens (including phenoxy) is 1. The summed E-state index contributed by atoms with van der Waals surface area (Å²) in [5.41, 5.74) is 0.811. The Morgan fingerprint density at radius 3 is 2.91 bits per heavy atom. The molecule has 0 radical (unpaired) electrons. The summed E-state index contributed by atoms with van der Waals surface area (Å²) in [4.78, 5) is 8.56. The highest BCUT2D eigenvalue weighted by atomic mass is 19.1. The van der Waals surface area contributed by atoms with Crippen molar-refractivity contribution >= 4 is 16.7 Å². The second kappa shape index (κ2) is 6.04. The molecule has 1 N–H and O–H groups in total. The van der Waals surface area contributed by atoms with Crippen molar-refractivity contribution in [2.75, 3.05) is 11.9 Å². The Morgan fingerprint density at radius 2 is 2.04 bits per heavy atom. The number of halogens is 1. The predicted octanol–water partition coefficient (Wildman–Crippen LogP) is 4.06. The molecule has 1 aliphatic heterocycles. The number of nitrogens with zero attached hydrogens (tertiary/aromatic N) is 2. The molecule has 122 valence electrons. The molecule has 0 amide bonds. The maximum Gasteiger partial charge on any atom is 0.137 e. The Kier molecular flexibility index (Phi) is 3.89. The summed E-state index contributed by atoms with van der Waals surface area (Å²) < 4.78 is 19.7. The van der Waals surface area contributed by atoms with Gasteiger partial charge < -0.3 is 10.1 Å². The van der Waals surface area contributed by atoms with Gasteiger partial charge in [-0.1, -0.05) is 19.3 Å². The number of rotatable bonds is 2. The van der Waals surface area contributed by atoms with E-state index in [0.29, 0.717) is 6.04 Å². The Hall–Kier alpha value is -1.75. The summed E-state index contributed by atoms with van der Waals surface area (Å²) in [5, 5.41) is 4.27. The lowest BCUT2D eigenvalue weighted by Crippen LogP contribution is -2.45. The Balaban J connectivity index is 1.57. The second-order valence-electron chi connectivity index (χ2n) is 6.81. The molecule has 1 aromatic heterocycles. The lowest BCUT2D eigenvalue weighted by molar-refractivity contribution is -0.103. The van der Waals surface area contributed by atoms with Crippen molar-refractivity contribution in [1.82, 2.24) is 9.97 Å². The van der Waals surface area contributed by atoms with Crippen molar-refractivity contribution in [2.24, 2.45) is 0 Å². The van der Waals surface area contributed by atoms with Gasteiger partial charge in [0.1, 0.15) is 18.0 Å². The molecule has 0 bridgehead atoms. The van der Waals surface area contributed by atoms with Gasteiger partial charge in [-0.05, 0) is 43.9 Å². The molecule has 1 unspecified atom stereocenters. The molecule has 1 saturated carbocycles. The average Bonchev–Trinajstić information content (AvgIpc) is 2.56. The van der Waals surface area contributed by atoms with E-state index in [-0.39, 0.29) is 11.4 Å². The summed E-state index contributed by atoms with van der Waals surface area (Å²) in [5.74, 6) is 0.471. The van der Waals surface area contributed by atoms with Gasteiger partial charge in [-0.15, -0.1) is 0 Å². The minimum atomic E-state index is -0.258. The first-order chi connectivity index (χ1) is 11.2. The molecule has 1 aromatic carbocycles. The maximum absolute atomic E-state index is 13.6. The van der Waals surface area contributed by atoms with Gasteiger partial charge in [0.05, 0.1) is 11.1 Å². The molecule has 1 atom stereocenters. The summed E-state index contributed by atoms with van der Waals surface area (Å²) >= 11 is 0. The van der Waals surface area contributed by atoms with Crippen LogP contribution in [0.4, 0.5) is 10.2 Å². The number of benzene rings is 1. The molecule has 1 saturated heterocycles. The molecule has 2 aromatic rings. The standard InChI is InChI=1S/C18H22FN3O/c19-13-4-5-16-15(10-13)17(21-12-20-16)22-14-6-9-23-18(11-14)7-2-1-3-8-18/h4-5,10,12,14H,1-3,6-9,11H2,(H,20,21,22). The number of fused-ring (bicyclic) bond motifs is 1. The first kappa shape index (κ1) is 14.8. The van der Waals surface area contributed by atoms with Gasteiger partial charge in [0.2, 0.25) is 0 Å². The van der Waals surface area contributed by atoms with E-state index in [4.69, 9.17) is 4.74 Å². The van der Waals surface area contributed by atoms with E-state index in [0.717, 1.165) is 49.0 Å². The predicted molar refractivity (Wildman–Crippen MR) is 87.9 cm³/mol. The van der Waals surface area contributed by atoms with Crippen molar-refractivity contribution in [1.29, 1.82) is 0 Å². The first-order valence-electron chi connectivity index (χ1n) is 8.55. The fourth-order valence-electron chi connectivity index (χ4n) is 4.03. The SMILES string of the molecule is Fc1ccc2ncnc(NC3CCOC4(CCCCC4)C3)c2c1. The van der Waals surface area contributed by atoms with Crippen LogP contribution in [-0.2, 0) is 4.74 Å². The highest BCUT2D eigenvalue weighted by Crippen LogP contribution is 2.39. The van der Waals surface area contributed by atoms with Crippen LogP contribution in [0.15, 0.2) is 24.5 Å². The monoisotopic (exact) mass is 315 g/mol. The second-order valence-corrected chi connectivity index (χ2v) is 6.81. The molecule has 1 spiro atoms. The van der Waals surface area contributed by atoms with Gasteiger partial charge in [0.25, 0.3) is 0 Å². The van der Waals surface area contributed by atoms with Crippen LogP contribution < -0.4 is 5.32 Å². The van der Waals surface area contributed by atoms with Gasteiger partial charge >= 0.3 is 0 Å². The van der Waals surface area contributed by atoms with Gasteiger partial charge in [0.15, 0.2) is 0 Å². The number of hydrogen-bond acceptors (Lipinski definition) is 4. The molecule has 5 heteroatoms. The Bertz CT molecular complexity index is 694. The molecule has 4 rings (SSSR count). The van der Waals surface area contributed by atoms with E-state index >= 15 is 0 Å². The molecule has 23 heavy (non-hydrogen) atoms. The van der Waals surface area contributed by atoms with Crippen LogP contribution >= 0.6 is 0 Å². The smallest absolute Gasteiger partial charge is 0.137 e. The summed E-state index contributed by atoms with van der Waals surface area (Å²) in [6.07, 6.45) is 9.66. The lowest BCUT2D eigenvalue weighted by atomic mass is 9.78. The highest BCUT2D eigenvalue weighted by Gasteiger charge is 2.38. The normalized spacial score (nSPS) is 24.0. The van der Waals surface area contributed by atoms with Crippen molar-refractivity contribution in [3.05, 3.63) is 30.3 Å². The topological polar surface area (TPSA) is 47.0 Å². The largest absolute Gasteiger partial charge is 0.375 e. The van der Waals surface area contributed by atoms with Crippen LogP contribution in [0.3, 0.4) is 0 Å². The first-order valence-corrected chi connectivity index (χ1v) is 8.55. The van der Waals surface area contributed by atoms with Crippen LogP contribution in [0.5, 0.6) is 0 Å². The molecular formula is C18H22FN3O. The number of aromatic nitrogens is 2. The third kappa shape index (κ3) is 3.02. The van der Waals surface area contributed by atoms with E-state index in [9.17, 15) is 4.39 Å². The van der Waals surface area contributed by atoms with E-state index in [2.05, 4.69) is 15.3 Å². The highest BCUT2D eigenvalue weighted by molar-refractivity contribution is 5.88. The van der Waals surface area contributed by atoms with Gasteiger partial charge in [-0.2, -0.15) is 0 Å². The van der Waals surface area contributed by atoms with Crippen LogP contribution in [0.2, 0.25) is 0 Å². The van der Waals surface area contributed by atoms with Crippen LogP contribution in [0.25, 0.3) is 10.9 Å². The summed E-state index contributed by atoms with van der Waals surface area (Å²) in [7, 11) is 0. The van der Waals surface area contributed by atoms with Crippen LogP contribution in [0, 0.1) is 5.82 Å². The quantitative estimate of drug-likeness (QED) is 0.908. The number of hydrogen-bond donors (Lipinski definition) is 1. The third-order valence-electron chi connectivity index (χ3n) is 5.20. The summed E-state index contributed by atoms with van der Waals surface area (Å²) in [6.45, 7) is 0.787. The lowest BCUT2D eigenvalue weighted by Gasteiger charge is -2.43. The molecule has 2 heterocycles. The van der Waals surface area contributed by atoms with E-state index < -0.39 is 0 Å². The van der Waals surface area contributed by atoms with Crippen molar-refractivity contribution in [3.8, 4) is 0 Å². The molecule has 2 fully saturated rings. The van der Waals surface area contributed by atoms with Gasteiger partial charge in [0, 0.05) is 18.0 Å². The van der Waals surface area contributed by atoms with Crippen molar-refractivity contribution in [2.45, 2.75) is 56.6 Å². The average molecular weight is 315 g/mol. The fraction of sp³-hybridized carbons (Fsp3) is 0.556. The van der Waals surface area contributed by atoms with Gasteiger partial charge in [-0.25, -0.2) is 14.4 Å². The third-order valence-corrected chi connectivity index (χ3v) is 5.20. The minimum Gasteiger partial charge on any atom is -0.375 e.